The minimum Gasteiger partial charge on any atom is -0.0805 e. The summed E-state index contributed by atoms with van der Waals surface area (Å²) in [5.74, 6) is 0.885. The fraction of sp³-hybridized carbons (Fsp3) is 0.455. The fourth-order valence-electron chi connectivity index (χ4n) is 2.00. The lowest BCUT2D eigenvalue weighted by molar-refractivity contribution is 0.620. The molecule has 0 saturated heterocycles. The van der Waals surface area contributed by atoms with Crippen molar-refractivity contribution in [1.82, 2.24) is 0 Å². The van der Waals surface area contributed by atoms with Crippen molar-refractivity contribution in [3.05, 3.63) is 35.5 Å². The first-order valence-corrected chi connectivity index (χ1v) is 4.40. The van der Waals surface area contributed by atoms with Crippen LogP contribution in [0, 0.1) is 5.92 Å². The van der Waals surface area contributed by atoms with Crippen LogP contribution in [-0.2, 0) is 0 Å². The average molecular weight is 146 g/mol. The average Bonchev–Trinajstić information content (AvgIpc) is 2.17. The van der Waals surface area contributed by atoms with Crippen LogP contribution in [0.1, 0.15) is 26.2 Å². The zero-order valence-electron chi connectivity index (χ0n) is 7.01. The predicted molar refractivity (Wildman–Crippen MR) is 48.3 cm³/mol. The highest BCUT2D eigenvalue weighted by molar-refractivity contribution is 5.36. The minimum absolute atomic E-state index is 0.885. The van der Waals surface area contributed by atoms with Crippen LogP contribution >= 0.6 is 0 Å². The van der Waals surface area contributed by atoms with Gasteiger partial charge >= 0.3 is 0 Å². The summed E-state index contributed by atoms with van der Waals surface area (Å²) >= 11 is 0. The maximum Gasteiger partial charge on any atom is -0.0130 e. The van der Waals surface area contributed by atoms with Crippen LogP contribution in [-0.4, -0.2) is 0 Å². The Kier molecular flexibility index (Phi) is 1.69. The Morgan fingerprint density at radius 1 is 1.27 bits per heavy atom. The summed E-state index contributed by atoms with van der Waals surface area (Å²) in [6.45, 7) is 2.34. The first kappa shape index (κ1) is 6.90. The van der Waals surface area contributed by atoms with Gasteiger partial charge in [-0.3, -0.25) is 0 Å². The molecule has 0 aromatic rings. The largest absolute Gasteiger partial charge is 0.0805 e. The van der Waals surface area contributed by atoms with Gasteiger partial charge < -0.3 is 0 Å². The first-order valence-electron chi connectivity index (χ1n) is 4.40. The van der Waals surface area contributed by atoms with E-state index >= 15 is 0 Å². The number of rotatable bonds is 0. The molecule has 0 aliphatic heterocycles. The van der Waals surface area contributed by atoms with E-state index in [2.05, 4.69) is 31.2 Å². The number of allylic oxidation sites excluding steroid dienone is 6. The van der Waals surface area contributed by atoms with Gasteiger partial charge in [0.1, 0.15) is 0 Å². The second-order valence-electron chi connectivity index (χ2n) is 3.63. The molecule has 0 aromatic carbocycles. The van der Waals surface area contributed by atoms with Gasteiger partial charge in [-0.25, -0.2) is 0 Å². The van der Waals surface area contributed by atoms with Crippen molar-refractivity contribution < 1.29 is 0 Å². The second-order valence-corrected chi connectivity index (χ2v) is 3.63. The molecule has 2 aliphatic carbocycles. The lowest BCUT2D eigenvalue weighted by Crippen LogP contribution is -1.85. The Balaban J connectivity index is 2.24. The molecule has 0 spiro atoms. The van der Waals surface area contributed by atoms with Gasteiger partial charge in [0, 0.05) is 0 Å². The molecule has 0 radical (unpaired) electrons. The van der Waals surface area contributed by atoms with Crippen molar-refractivity contribution in [1.29, 1.82) is 0 Å². The number of hydrogen-bond donors (Lipinski definition) is 0. The molecule has 0 heteroatoms. The molecule has 1 atom stereocenters. The third kappa shape index (κ3) is 1.30. The van der Waals surface area contributed by atoms with Crippen molar-refractivity contribution in [3.63, 3.8) is 0 Å². The van der Waals surface area contributed by atoms with Crippen LogP contribution in [0.2, 0.25) is 0 Å². The van der Waals surface area contributed by atoms with E-state index < -0.39 is 0 Å². The SMILES string of the molecule is CC1CC2=C(CC=CC=C2)C1. The van der Waals surface area contributed by atoms with Crippen LogP contribution in [0.15, 0.2) is 35.5 Å². The standard InChI is InChI=1S/C11H14/c1-9-7-10-5-3-2-4-6-11(10)8-9/h2-5,9H,6-8H2,1H3. The quantitative estimate of drug-likeness (QED) is 0.492. The Morgan fingerprint density at radius 3 is 3.09 bits per heavy atom. The minimum atomic E-state index is 0.885. The number of hydrogen-bond acceptors (Lipinski definition) is 0. The Labute approximate surface area is 68.3 Å². The van der Waals surface area contributed by atoms with Crippen LogP contribution in [0.3, 0.4) is 0 Å². The molecule has 0 N–H and O–H groups in total. The third-order valence-electron chi connectivity index (χ3n) is 2.53. The maximum atomic E-state index is 2.34. The van der Waals surface area contributed by atoms with Gasteiger partial charge in [0.25, 0.3) is 0 Å². The molecular weight excluding hydrogens is 132 g/mol. The van der Waals surface area contributed by atoms with E-state index in [1.165, 1.54) is 19.3 Å². The molecule has 58 valence electrons. The zero-order valence-corrected chi connectivity index (χ0v) is 7.01. The van der Waals surface area contributed by atoms with E-state index in [0.29, 0.717) is 0 Å². The van der Waals surface area contributed by atoms with Gasteiger partial charge in [0.05, 0.1) is 0 Å². The summed E-state index contributed by atoms with van der Waals surface area (Å²) in [5, 5.41) is 0. The van der Waals surface area contributed by atoms with Gasteiger partial charge in [-0.2, -0.15) is 0 Å². The van der Waals surface area contributed by atoms with Gasteiger partial charge in [-0.05, 0) is 30.8 Å². The van der Waals surface area contributed by atoms with E-state index in [0.717, 1.165) is 5.92 Å². The summed E-state index contributed by atoms with van der Waals surface area (Å²) < 4.78 is 0. The molecule has 0 fully saturated rings. The molecule has 11 heavy (non-hydrogen) atoms. The molecule has 2 rings (SSSR count). The summed E-state index contributed by atoms with van der Waals surface area (Å²) in [4.78, 5) is 0. The lowest BCUT2D eigenvalue weighted by atomic mass is 10.1. The van der Waals surface area contributed by atoms with Crippen molar-refractivity contribution in [2.24, 2.45) is 5.92 Å². The normalized spacial score (nSPS) is 29.0. The van der Waals surface area contributed by atoms with Crippen molar-refractivity contribution in [2.75, 3.05) is 0 Å². The van der Waals surface area contributed by atoms with Gasteiger partial charge in [0.2, 0.25) is 0 Å². The molecule has 0 nitrogen and oxygen atoms in total. The van der Waals surface area contributed by atoms with Crippen LogP contribution in [0.4, 0.5) is 0 Å². The Hall–Kier alpha value is -0.780. The third-order valence-corrected chi connectivity index (χ3v) is 2.53. The molecule has 2 aliphatic rings. The van der Waals surface area contributed by atoms with Crippen LogP contribution in [0.25, 0.3) is 0 Å². The Morgan fingerprint density at radius 2 is 2.18 bits per heavy atom. The molecule has 0 amide bonds. The molecule has 0 bridgehead atoms. The fourth-order valence-corrected chi connectivity index (χ4v) is 2.00. The summed E-state index contributed by atoms with van der Waals surface area (Å²) in [6, 6.07) is 0. The summed E-state index contributed by atoms with van der Waals surface area (Å²) in [7, 11) is 0. The van der Waals surface area contributed by atoms with Gasteiger partial charge in [-0.15, -0.1) is 0 Å². The van der Waals surface area contributed by atoms with E-state index in [1.54, 1.807) is 11.1 Å². The highest BCUT2D eigenvalue weighted by atomic mass is 14.2. The van der Waals surface area contributed by atoms with Gasteiger partial charge in [-0.1, -0.05) is 36.8 Å². The molecule has 0 saturated carbocycles. The first-order chi connectivity index (χ1) is 5.36. The Bertz CT molecular complexity index is 241. The van der Waals surface area contributed by atoms with Crippen LogP contribution < -0.4 is 0 Å². The predicted octanol–water partition coefficient (Wildman–Crippen LogP) is 3.23. The monoisotopic (exact) mass is 146 g/mol. The van der Waals surface area contributed by atoms with Gasteiger partial charge in [0.15, 0.2) is 0 Å². The summed E-state index contributed by atoms with van der Waals surface area (Å²) in [6.07, 6.45) is 12.7. The van der Waals surface area contributed by atoms with Crippen molar-refractivity contribution in [3.8, 4) is 0 Å². The summed E-state index contributed by atoms with van der Waals surface area (Å²) in [5.41, 5.74) is 3.27. The molecular formula is C11H14. The van der Waals surface area contributed by atoms with Crippen LogP contribution in [0.5, 0.6) is 0 Å². The van der Waals surface area contributed by atoms with E-state index in [1.807, 2.05) is 0 Å². The topological polar surface area (TPSA) is 0 Å². The highest BCUT2D eigenvalue weighted by Gasteiger charge is 2.18. The van der Waals surface area contributed by atoms with E-state index in [4.69, 9.17) is 0 Å². The van der Waals surface area contributed by atoms with E-state index in [-0.39, 0.29) is 0 Å². The maximum absolute atomic E-state index is 2.34. The second kappa shape index (κ2) is 2.69. The molecule has 0 aromatic heterocycles. The molecule has 1 unspecified atom stereocenters. The molecule has 0 heterocycles. The highest BCUT2D eigenvalue weighted by Crippen LogP contribution is 2.34. The zero-order chi connectivity index (χ0) is 7.68. The lowest BCUT2D eigenvalue weighted by Gasteiger charge is -1.98. The van der Waals surface area contributed by atoms with Crippen molar-refractivity contribution >= 4 is 0 Å². The van der Waals surface area contributed by atoms with E-state index in [9.17, 15) is 0 Å². The van der Waals surface area contributed by atoms with Crippen molar-refractivity contribution in [2.45, 2.75) is 26.2 Å². The smallest absolute Gasteiger partial charge is 0.0130 e.